The van der Waals surface area contributed by atoms with Crippen LogP contribution >= 0.6 is 0 Å². The minimum atomic E-state index is -0.758. The van der Waals surface area contributed by atoms with E-state index < -0.39 is 5.97 Å². The topological polar surface area (TPSA) is 55.1 Å². The molecule has 0 amide bonds. The van der Waals surface area contributed by atoms with Crippen LogP contribution in [0.25, 0.3) is 0 Å². The van der Waals surface area contributed by atoms with Crippen LogP contribution in [0.5, 0.6) is 0 Å². The van der Waals surface area contributed by atoms with Crippen LogP contribution in [0.15, 0.2) is 12.4 Å². The van der Waals surface area contributed by atoms with Crippen molar-refractivity contribution in [2.75, 3.05) is 0 Å². The first kappa shape index (κ1) is 11.8. The van der Waals surface area contributed by atoms with Gasteiger partial charge in [-0.05, 0) is 17.9 Å². The summed E-state index contributed by atoms with van der Waals surface area (Å²) < 4.78 is 1.87. The Morgan fingerprint density at radius 1 is 1.53 bits per heavy atom. The average Bonchev–Trinajstić information content (AvgIpc) is 2.51. The molecular weight excluding hydrogens is 192 g/mol. The Morgan fingerprint density at radius 2 is 2.20 bits per heavy atom. The summed E-state index contributed by atoms with van der Waals surface area (Å²) in [5.41, 5.74) is 0.991. The van der Waals surface area contributed by atoms with Crippen LogP contribution in [0.2, 0.25) is 0 Å². The average molecular weight is 210 g/mol. The summed E-state index contributed by atoms with van der Waals surface area (Å²) in [4.78, 5) is 10.7. The monoisotopic (exact) mass is 210 g/mol. The highest BCUT2D eigenvalue weighted by molar-refractivity contribution is 5.69. The van der Waals surface area contributed by atoms with Crippen LogP contribution in [0.3, 0.4) is 0 Å². The molecule has 1 unspecified atom stereocenters. The first-order valence-corrected chi connectivity index (χ1v) is 5.23. The minimum Gasteiger partial charge on any atom is -0.481 e. The Hall–Kier alpha value is -1.32. The van der Waals surface area contributed by atoms with Crippen molar-refractivity contribution in [2.24, 2.45) is 11.8 Å². The molecular formula is C11H18N2O2. The molecule has 1 aromatic heterocycles. The number of carbonyl (C=O) groups is 1. The van der Waals surface area contributed by atoms with E-state index in [0.29, 0.717) is 12.3 Å². The molecule has 0 aliphatic heterocycles. The molecule has 0 aliphatic carbocycles. The second-order valence-electron chi connectivity index (χ2n) is 4.41. The van der Waals surface area contributed by atoms with Gasteiger partial charge in [0.05, 0.1) is 12.1 Å². The molecule has 1 heterocycles. The van der Waals surface area contributed by atoms with Crippen molar-refractivity contribution >= 4 is 5.97 Å². The highest BCUT2D eigenvalue weighted by Crippen LogP contribution is 2.08. The van der Waals surface area contributed by atoms with E-state index in [4.69, 9.17) is 5.11 Å². The zero-order valence-electron chi connectivity index (χ0n) is 9.47. The number of hydrogen-bond acceptors (Lipinski definition) is 2. The van der Waals surface area contributed by atoms with Crippen LogP contribution in [0, 0.1) is 11.8 Å². The van der Waals surface area contributed by atoms with Gasteiger partial charge >= 0.3 is 5.97 Å². The Balaban J connectivity index is 2.56. The number of hydrogen-bond donors (Lipinski definition) is 1. The van der Waals surface area contributed by atoms with Gasteiger partial charge in [0.2, 0.25) is 0 Å². The van der Waals surface area contributed by atoms with Crippen LogP contribution in [0.1, 0.15) is 26.3 Å². The molecule has 1 atom stereocenters. The fourth-order valence-electron chi connectivity index (χ4n) is 1.43. The molecule has 1 aromatic rings. The number of carboxylic acid groups (broad SMARTS) is 1. The normalized spacial score (nSPS) is 13.1. The summed E-state index contributed by atoms with van der Waals surface area (Å²) in [5.74, 6) is -0.553. The Kier molecular flexibility index (Phi) is 3.88. The molecule has 0 radical (unpaired) electrons. The van der Waals surface area contributed by atoms with Crippen LogP contribution in [-0.2, 0) is 17.8 Å². The van der Waals surface area contributed by atoms with Gasteiger partial charge in [-0.25, -0.2) is 0 Å². The minimum absolute atomic E-state index is 0.346. The Labute approximate surface area is 89.9 Å². The maximum atomic E-state index is 10.7. The maximum Gasteiger partial charge on any atom is 0.306 e. The smallest absolute Gasteiger partial charge is 0.306 e. The van der Waals surface area contributed by atoms with Crippen molar-refractivity contribution in [1.29, 1.82) is 0 Å². The second kappa shape index (κ2) is 4.96. The zero-order chi connectivity index (χ0) is 11.4. The molecule has 0 saturated carbocycles. The van der Waals surface area contributed by atoms with E-state index in [0.717, 1.165) is 12.1 Å². The Bertz CT molecular complexity index is 331. The molecule has 0 aromatic carbocycles. The van der Waals surface area contributed by atoms with Gasteiger partial charge in [-0.2, -0.15) is 5.10 Å². The zero-order valence-corrected chi connectivity index (χ0v) is 9.47. The third-order valence-electron chi connectivity index (χ3n) is 2.20. The molecule has 15 heavy (non-hydrogen) atoms. The van der Waals surface area contributed by atoms with Gasteiger partial charge in [0.1, 0.15) is 0 Å². The number of carboxylic acids is 1. The highest BCUT2D eigenvalue weighted by atomic mass is 16.4. The maximum absolute atomic E-state index is 10.7. The lowest BCUT2D eigenvalue weighted by molar-refractivity contribution is -0.141. The van der Waals surface area contributed by atoms with E-state index >= 15 is 0 Å². The summed E-state index contributed by atoms with van der Waals surface area (Å²) in [6.07, 6.45) is 4.23. The molecule has 1 rings (SSSR count). The summed E-state index contributed by atoms with van der Waals surface area (Å²) in [5, 5.41) is 13.0. The molecule has 0 aliphatic rings. The van der Waals surface area contributed by atoms with E-state index in [9.17, 15) is 4.79 Å². The summed E-state index contributed by atoms with van der Waals surface area (Å²) in [6.45, 7) is 6.84. The van der Waals surface area contributed by atoms with E-state index in [-0.39, 0.29) is 5.92 Å². The number of rotatable bonds is 5. The lowest BCUT2D eigenvalue weighted by atomic mass is 10.0. The van der Waals surface area contributed by atoms with Crippen molar-refractivity contribution in [1.82, 2.24) is 9.78 Å². The summed E-state index contributed by atoms with van der Waals surface area (Å²) in [7, 11) is 0. The van der Waals surface area contributed by atoms with Gasteiger partial charge in [-0.15, -0.1) is 0 Å². The number of nitrogens with zero attached hydrogens (tertiary/aromatic N) is 2. The van der Waals surface area contributed by atoms with Crippen molar-refractivity contribution < 1.29 is 9.90 Å². The highest BCUT2D eigenvalue weighted by Gasteiger charge is 2.12. The first-order valence-electron chi connectivity index (χ1n) is 5.23. The predicted octanol–water partition coefficient (Wildman–Crippen LogP) is 1.80. The van der Waals surface area contributed by atoms with E-state index in [1.807, 2.05) is 10.9 Å². The largest absolute Gasteiger partial charge is 0.481 e. The lowest BCUT2D eigenvalue weighted by Crippen LogP contribution is -2.11. The SMILES string of the molecule is CC(C)Cn1cc(CC(C)C(=O)O)cn1. The fraction of sp³-hybridized carbons (Fsp3) is 0.636. The molecule has 4 nitrogen and oxygen atoms in total. The quantitative estimate of drug-likeness (QED) is 0.806. The van der Waals surface area contributed by atoms with E-state index in [2.05, 4.69) is 18.9 Å². The van der Waals surface area contributed by atoms with E-state index in [1.165, 1.54) is 0 Å². The third-order valence-corrected chi connectivity index (χ3v) is 2.20. The first-order chi connectivity index (χ1) is 6.99. The molecule has 4 heteroatoms. The molecule has 0 saturated heterocycles. The van der Waals surface area contributed by atoms with Gasteiger partial charge in [0, 0.05) is 12.7 Å². The van der Waals surface area contributed by atoms with E-state index in [1.54, 1.807) is 13.1 Å². The molecule has 1 N–H and O–H groups in total. The number of aromatic nitrogens is 2. The Morgan fingerprint density at radius 3 is 2.73 bits per heavy atom. The predicted molar refractivity (Wildman–Crippen MR) is 57.6 cm³/mol. The standard InChI is InChI=1S/C11H18N2O2/c1-8(2)6-13-7-10(5-12-13)4-9(3)11(14)15/h5,7-9H,4,6H2,1-3H3,(H,14,15). The van der Waals surface area contributed by atoms with Gasteiger partial charge in [0.15, 0.2) is 0 Å². The van der Waals surface area contributed by atoms with Crippen molar-refractivity contribution in [3.8, 4) is 0 Å². The molecule has 0 bridgehead atoms. The van der Waals surface area contributed by atoms with Gasteiger partial charge in [-0.1, -0.05) is 20.8 Å². The van der Waals surface area contributed by atoms with Crippen LogP contribution in [0.4, 0.5) is 0 Å². The third kappa shape index (κ3) is 3.73. The molecule has 0 spiro atoms. The van der Waals surface area contributed by atoms with Crippen molar-refractivity contribution in [2.45, 2.75) is 33.7 Å². The lowest BCUT2D eigenvalue weighted by Gasteiger charge is -2.04. The summed E-state index contributed by atoms with van der Waals surface area (Å²) in [6, 6.07) is 0. The van der Waals surface area contributed by atoms with Crippen molar-refractivity contribution in [3.05, 3.63) is 18.0 Å². The molecule has 84 valence electrons. The van der Waals surface area contributed by atoms with Gasteiger partial charge in [0.25, 0.3) is 0 Å². The van der Waals surface area contributed by atoms with Gasteiger partial charge < -0.3 is 5.11 Å². The second-order valence-corrected chi connectivity index (χ2v) is 4.41. The number of aliphatic carboxylic acids is 1. The summed E-state index contributed by atoms with van der Waals surface area (Å²) >= 11 is 0. The van der Waals surface area contributed by atoms with Crippen LogP contribution in [-0.4, -0.2) is 20.9 Å². The van der Waals surface area contributed by atoms with Gasteiger partial charge in [-0.3, -0.25) is 9.48 Å². The van der Waals surface area contributed by atoms with Crippen molar-refractivity contribution in [3.63, 3.8) is 0 Å². The fourth-order valence-corrected chi connectivity index (χ4v) is 1.43. The molecule has 0 fully saturated rings. The van der Waals surface area contributed by atoms with Crippen LogP contribution < -0.4 is 0 Å².